The average molecular weight is 320 g/mol. The molecule has 0 amide bonds. The molecule has 0 bridgehead atoms. The van der Waals surface area contributed by atoms with E-state index in [1.807, 2.05) is 0 Å². The molecule has 0 unspecified atom stereocenters. The van der Waals surface area contributed by atoms with Crippen molar-refractivity contribution in [3.05, 3.63) is 29.8 Å². The maximum atomic E-state index is 12.6. The van der Waals surface area contributed by atoms with Crippen molar-refractivity contribution in [3.8, 4) is 0 Å². The topological polar surface area (TPSA) is 58.5 Å². The van der Waals surface area contributed by atoms with E-state index in [1.54, 1.807) is 0 Å². The first-order valence-corrected chi connectivity index (χ1v) is 6.21. The Balaban J connectivity index is 3.15. The molecule has 0 spiro atoms. The van der Waals surface area contributed by atoms with E-state index >= 15 is 0 Å². The molecule has 0 heterocycles. The zero-order valence-electron chi connectivity index (χ0n) is 9.33. The number of nitrogens with one attached hydrogen (secondary N) is 1. The van der Waals surface area contributed by atoms with Crippen LogP contribution in [0.25, 0.3) is 0 Å². The lowest BCUT2D eigenvalue weighted by molar-refractivity contribution is -0.139. The summed E-state index contributed by atoms with van der Waals surface area (Å²) in [7, 11) is -4.86. The van der Waals surface area contributed by atoms with Gasteiger partial charge in [0.15, 0.2) is 0 Å². The molecule has 0 radical (unpaired) electrons. The van der Waals surface area contributed by atoms with Gasteiger partial charge in [0.1, 0.15) is 11.1 Å². The van der Waals surface area contributed by atoms with Gasteiger partial charge in [-0.05, 0) is 12.1 Å². The second-order valence-corrected chi connectivity index (χ2v) is 5.02. The van der Waals surface area contributed by atoms with Gasteiger partial charge < -0.3 is 0 Å². The van der Waals surface area contributed by atoms with Crippen LogP contribution in [-0.4, -0.2) is 20.8 Å². The Kier molecular flexibility index (Phi) is 4.32. The molecule has 1 aromatic rings. The number of alkyl halides is 6. The zero-order chi connectivity index (χ0) is 15.6. The molecule has 0 fully saturated rings. The van der Waals surface area contributed by atoms with E-state index in [0.29, 0.717) is 12.1 Å². The van der Waals surface area contributed by atoms with Crippen molar-refractivity contribution < 1.29 is 34.8 Å². The molecular formula is C9H6F6N2O2S. The molecule has 4 nitrogen and oxygen atoms in total. The monoisotopic (exact) mass is 320 g/mol. The fraction of sp³-hybridized carbons (Fsp3) is 0.222. The van der Waals surface area contributed by atoms with Crippen molar-refractivity contribution in [1.29, 1.82) is 0 Å². The lowest BCUT2D eigenvalue weighted by Gasteiger charge is -2.12. The Morgan fingerprint density at radius 1 is 1.05 bits per heavy atom. The van der Waals surface area contributed by atoms with Crippen LogP contribution in [0, 0.1) is 0 Å². The third-order valence-corrected chi connectivity index (χ3v) is 3.15. The number of halogens is 6. The Labute approximate surface area is 109 Å². The molecule has 0 aliphatic carbocycles. The van der Waals surface area contributed by atoms with Gasteiger partial charge >= 0.3 is 12.4 Å². The molecular weight excluding hydrogens is 314 g/mol. The molecule has 1 N–H and O–H groups in total. The summed E-state index contributed by atoms with van der Waals surface area (Å²) < 4.78 is 95.9. The van der Waals surface area contributed by atoms with Crippen LogP contribution in [0.3, 0.4) is 0 Å². The van der Waals surface area contributed by atoms with E-state index < -0.39 is 39.0 Å². The van der Waals surface area contributed by atoms with E-state index in [-0.39, 0.29) is 0 Å². The van der Waals surface area contributed by atoms with Gasteiger partial charge in [0.2, 0.25) is 0 Å². The average Bonchev–Trinajstić information content (AvgIpc) is 2.25. The summed E-state index contributed by atoms with van der Waals surface area (Å²) in [6.45, 7) is 0. The van der Waals surface area contributed by atoms with Crippen LogP contribution in [0.4, 0.5) is 26.3 Å². The summed E-state index contributed by atoms with van der Waals surface area (Å²) in [4.78, 5) is -0.150. The normalized spacial score (nSPS) is 13.7. The van der Waals surface area contributed by atoms with Gasteiger partial charge in [0.05, 0.1) is 5.56 Å². The summed E-state index contributed by atoms with van der Waals surface area (Å²) in [6.07, 6.45) is -10.6. The molecule has 0 saturated carbocycles. The summed E-state index contributed by atoms with van der Waals surface area (Å²) >= 11 is 0. The van der Waals surface area contributed by atoms with Gasteiger partial charge in [0.25, 0.3) is 10.0 Å². The maximum Gasteiger partial charge on any atom is 0.428 e. The largest absolute Gasteiger partial charge is 0.428 e. The molecule has 11 heteroatoms. The molecule has 0 aliphatic heterocycles. The van der Waals surface area contributed by atoms with Gasteiger partial charge in [0, 0.05) is 0 Å². The van der Waals surface area contributed by atoms with Crippen molar-refractivity contribution >= 4 is 16.2 Å². The van der Waals surface area contributed by atoms with Crippen LogP contribution in [0.15, 0.2) is 34.3 Å². The summed E-state index contributed by atoms with van der Waals surface area (Å²) in [5.74, 6) is 0. The Morgan fingerprint density at radius 2 is 1.60 bits per heavy atom. The SMILES string of the molecule is O=S(=O)(NN=CC(F)(F)F)c1ccccc1C(F)(F)F. The molecule has 0 aliphatic rings. The van der Waals surface area contributed by atoms with Crippen LogP contribution in [0.5, 0.6) is 0 Å². The minimum Gasteiger partial charge on any atom is -0.200 e. The first-order chi connectivity index (χ1) is 8.93. The molecule has 0 atom stereocenters. The van der Waals surface area contributed by atoms with Gasteiger partial charge in [-0.2, -0.15) is 39.9 Å². The maximum absolute atomic E-state index is 12.6. The lowest BCUT2D eigenvalue weighted by atomic mass is 10.2. The standard InChI is InChI=1S/C9H6F6N2O2S/c10-8(11,12)5-16-17-20(18,19)7-4-2-1-3-6(7)9(13,14)15/h1-5,17H. The highest BCUT2D eigenvalue weighted by molar-refractivity contribution is 7.89. The number of benzene rings is 1. The highest BCUT2D eigenvalue weighted by atomic mass is 32.2. The second kappa shape index (κ2) is 5.31. The van der Waals surface area contributed by atoms with Crippen molar-refractivity contribution in [2.75, 3.05) is 0 Å². The van der Waals surface area contributed by atoms with Crippen LogP contribution < -0.4 is 4.83 Å². The number of hydrogen-bond acceptors (Lipinski definition) is 3. The molecule has 1 aromatic carbocycles. The second-order valence-electron chi connectivity index (χ2n) is 3.39. The number of hydrazone groups is 1. The first kappa shape index (κ1) is 16.3. The third kappa shape index (κ3) is 4.40. The first-order valence-electron chi connectivity index (χ1n) is 4.72. The van der Waals surface area contributed by atoms with Gasteiger partial charge in [-0.15, -0.1) is 0 Å². The predicted molar refractivity (Wildman–Crippen MR) is 56.3 cm³/mol. The fourth-order valence-corrected chi connectivity index (χ4v) is 2.17. The van der Waals surface area contributed by atoms with E-state index in [2.05, 4.69) is 5.10 Å². The minimum atomic E-state index is -4.97. The zero-order valence-corrected chi connectivity index (χ0v) is 10.1. The molecule has 0 aromatic heterocycles. The molecule has 1 rings (SSSR count). The number of nitrogens with zero attached hydrogens (tertiary/aromatic N) is 1. The van der Waals surface area contributed by atoms with E-state index in [0.717, 1.165) is 17.0 Å². The van der Waals surface area contributed by atoms with Crippen molar-refractivity contribution in [1.82, 2.24) is 4.83 Å². The highest BCUT2D eigenvalue weighted by Crippen LogP contribution is 2.33. The predicted octanol–water partition coefficient (Wildman–Crippen LogP) is 2.53. The highest BCUT2D eigenvalue weighted by Gasteiger charge is 2.37. The minimum absolute atomic E-state index is 0.488. The summed E-state index contributed by atoms with van der Waals surface area (Å²) in [5, 5.41) is 2.36. The molecule has 0 saturated heterocycles. The van der Waals surface area contributed by atoms with Crippen molar-refractivity contribution in [2.45, 2.75) is 17.2 Å². The van der Waals surface area contributed by atoms with Gasteiger partial charge in [-0.1, -0.05) is 12.1 Å². The van der Waals surface area contributed by atoms with E-state index in [1.165, 1.54) is 0 Å². The van der Waals surface area contributed by atoms with Crippen LogP contribution in [0.2, 0.25) is 0 Å². The van der Waals surface area contributed by atoms with E-state index in [4.69, 9.17) is 0 Å². The fourth-order valence-electron chi connectivity index (χ4n) is 1.15. The van der Waals surface area contributed by atoms with Crippen molar-refractivity contribution in [2.24, 2.45) is 5.10 Å². The van der Waals surface area contributed by atoms with Gasteiger partial charge in [-0.3, -0.25) is 0 Å². The van der Waals surface area contributed by atoms with Crippen LogP contribution >= 0.6 is 0 Å². The quantitative estimate of drug-likeness (QED) is 0.528. The molecule has 20 heavy (non-hydrogen) atoms. The summed E-state index contributed by atoms with van der Waals surface area (Å²) in [5.41, 5.74) is -1.50. The van der Waals surface area contributed by atoms with Crippen LogP contribution in [-0.2, 0) is 16.2 Å². The smallest absolute Gasteiger partial charge is 0.200 e. The van der Waals surface area contributed by atoms with Crippen LogP contribution in [0.1, 0.15) is 5.56 Å². The number of hydrogen-bond donors (Lipinski definition) is 1. The molecule has 112 valence electrons. The third-order valence-electron chi connectivity index (χ3n) is 1.87. The lowest BCUT2D eigenvalue weighted by Crippen LogP contribution is -2.24. The van der Waals surface area contributed by atoms with Gasteiger partial charge in [-0.25, -0.2) is 4.83 Å². The Bertz CT molecular complexity index is 606. The number of rotatable bonds is 3. The van der Waals surface area contributed by atoms with E-state index in [9.17, 15) is 34.8 Å². The number of sulfonamides is 1. The Hall–Kier alpha value is -1.78. The van der Waals surface area contributed by atoms with Crippen molar-refractivity contribution in [3.63, 3.8) is 0 Å². The Morgan fingerprint density at radius 3 is 2.10 bits per heavy atom. The summed E-state index contributed by atoms with van der Waals surface area (Å²) in [6, 6.07) is 3.04.